The molecule has 0 saturated heterocycles. The molecular formula is C15H25N3O3. The molecule has 0 bridgehead atoms. The third kappa shape index (κ3) is 6.55. The zero-order valence-electron chi connectivity index (χ0n) is 13.2. The SMILES string of the molecule is COCCNC(=O)C(C)NCc1cccnc1OC(C)C. The summed E-state index contributed by atoms with van der Waals surface area (Å²) in [6.07, 6.45) is 1.76. The minimum atomic E-state index is -0.297. The van der Waals surface area contributed by atoms with E-state index in [1.54, 1.807) is 13.3 Å². The molecule has 0 aromatic carbocycles. The minimum absolute atomic E-state index is 0.0535. The molecule has 0 spiro atoms. The first-order chi connectivity index (χ1) is 10.0. The van der Waals surface area contributed by atoms with Crippen LogP contribution in [0, 0.1) is 0 Å². The summed E-state index contributed by atoms with van der Waals surface area (Å²) in [7, 11) is 1.60. The first-order valence-electron chi connectivity index (χ1n) is 7.15. The van der Waals surface area contributed by atoms with Gasteiger partial charge in [-0.05, 0) is 26.8 Å². The molecule has 1 aromatic rings. The van der Waals surface area contributed by atoms with Gasteiger partial charge < -0.3 is 20.1 Å². The van der Waals surface area contributed by atoms with Crippen LogP contribution < -0.4 is 15.4 Å². The second-order valence-corrected chi connectivity index (χ2v) is 5.02. The Balaban J connectivity index is 2.49. The van der Waals surface area contributed by atoms with Crippen LogP contribution in [0.3, 0.4) is 0 Å². The predicted molar refractivity (Wildman–Crippen MR) is 81.2 cm³/mol. The first-order valence-corrected chi connectivity index (χ1v) is 7.15. The molecule has 0 fully saturated rings. The Kier molecular flexibility index (Phi) is 7.71. The summed E-state index contributed by atoms with van der Waals surface area (Å²) < 4.78 is 10.5. The van der Waals surface area contributed by atoms with Crippen LogP contribution in [0.5, 0.6) is 5.88 Å². The quantitative estimate of drug-likeness (QED) is 0.668. The predicted octanol–water partition coefficient (Wildman–Crippen LogP) is 1.11. The lowest BCUT2D eigenvalue weighted by Gasteiger charge is -2.16. The van der Waals surface area contributed by atoms with Crippen molar-refractivity contribution >= 4 is 5.91 Å². The fourth-order valence-electron chi connectivity index (χ4n) is 1.67. The van der Waals surface area contributed by atoms with Gasteiger partial charge in [0, 0.05) is 32.0 Å². The van der Waals surface area contributed by atoms with Gasteiger partial charge >= 0.3 is 0 Å². The lowest BCUT2D eigenvalue weighted by atomic mass is 10.2. The van der Waals surface area contributed by atoms with E-state index in [1.165, 1.54) is 0 Å². The van der Waals surface area contributed by atoms with Crippen molar-refractivity contribution in [2.24, 2.45) is 0 Å². The number of amides is 1. The number of carbonyl (C=O) groups excluding carboxylic acids is 1. The van der Waals surface area contributed by atoms with Gasteiger partial charge in [0.15, 0.2) is 0 Å². The highest BCUT2D eigenvalue weighted by Gasteiger charge is 2.13. The number of nitrogens with zero attached hydrogens (tertiary/aromatic N) is 1. The van der Waals surface area contributed by atoms with Gasteiger partial charge in [-0.15, -0.1) is 0 Å². The summed E-state index contributed by atoms with van der Waals surface area (Å²) in [5.74, 6) is 0.550. The molecule has 21 heavy (non-hydrogen) atoms. The van der Waals surface area contributed by atoms with E-state index in [-0.39, 0.29) is 18.1 Å². The zero-order chi connectivity index (χ0) is 15.7. The number of rotatable bonds is 9. The van der Waals surface area contributed by atoms with Gasteiger partial charge in [-0.25, -0.2) is 4.98 Å². The van der Waals surface area contributed by atoms with Crippen LogP contribution >= 0.6 is 0 Å². The molecule has 0 saturated carbocycles. The molecule has 1 heterocycles. The number of hydrogen-bond donors (Lipinski definition) is 2. The highest BCUT2D eigenvalue weighted by molar-refractivity contribution is 5.81. The Morgan fingerprint density at radius 3 is 2.81 bits per heavy atom. The number of ether oxygens (including phenoxy) is 2. The topological polar surface area (TPSA) is 72.5 Å². The van der Waals surface area contributed by atoms with Gasteiger partial charge in [-0.3, -0.25) is 4.79 Å². The van der Waals surface area contributed by atoms with E-state index < -0.39 is 0 Å². The number of hydrogen-bond acceptors (Lipinski definition) is 5. The summed E-state index contributed by atoms with van der Waals surface area (Å²) in [6, 6.07) is 3.50. The minimum Gasteiger partial charge on any atom is -0.475 e. The van der Waals surface area contributed by atoms with Crippen molar-refractivity contribution in [1.29, 1.82) is 0 Å². The summed E-state index contributed by atoms with van der Waals surface area (Å²) >= 11 is 0. The molecule has 2 N–H and O–H groups in total. The van der Waals surface area contributed by atoms with Crippen LogP contribution in [0.2, 0.25) is 0 Å². The summed E-state index contributed by atoms with van der Waals surface area (Å²) in [6.45, 7) is 7.27. The van der Waals surface area contributed by atoms with E-state index in [2.05, 4.69) is 15.6 Å². The lowest BCUT2D eigenvalue weighted by molar-refractivity contribution is -0.123. The van der Waals surface area contributed by atoms with Crippen LogP contribution in [-0.4, -0.2) is 43.3 Å². The van der Waals surface area contributed by atoms with Crippen LogP contribution in [0.1, 0.15) is 26.3 Å². The monoisotopic (exact) mass is 295 g/mol. The standard InChI is InChI=1S/C15H25N3O3/c1-11(2)21-15-13(6-5-7-17-15)10-18-12(3)14(19)16-8-9-20-4/h5-7,11-12,18H,8-10H2,1-4H3,(H,16,19). The molecule has 0 radical (unpaired) electrons. The van der Waals surface area contributed by atoms with Crippen molar-refractivity contribution in [3.63, 3.8) is 0 Å². The first kappa shape index (κ1) is 17.4. The average Bonchev–Trinajstić information content (AvgIpc) is 2.45. The Labute approximate surface area is 126 Å². The maximum absolute atomic E-state index is 11.8. The van der Waals surface area contributed by atoms with Crippen molar-refractivity contribution in [3.05, 3.63) is 23.9 Å². The third-order valence-corrected chi connectivity index (χ3v) is 2.79. The van der Waals surface area contributed by atoms with Crippen molar-refractivity contribution in [2.45, 2.75) is 39.5 Å². The van der Waals surface area contributed by atoms with Gasteiger partial charge in [0.2, 0.25) is 11.8 Å². The Hall–Kier alpha value is -1.66. The molecule has 118 valence electrons. The highest BCUT2D eigenvalue weighted by atomic mass is 16.5. The molecule has 0 aliphatic rings. The molecule has 0 aliphatic carbocycles. The molecule has 6 nitrogen and oxygen atoms in total. The summed E-state index contributed by atoms with van der Waals surface area (Å²) in [5, 5.41) is 5.96. The summed E-state index contributed by atoms with van der Waals surface area (Å²) in [5.41, 5.74) is 0.933. The normalized spacial score (nSPS) is 12.2. The second kappa shape index (κ2) is 9.31. The fourth-order valence-corrected chi connectivity index (χ4v) is 1.67. The van der Waals surface area contributed by atoms with E-state index in [1.807, 2.05) is 32.9 Å². The number of carbonyl (C=O) groups is 1. The molecule has 1 amide bonds. The van der Waals surface area contributed by atoms with Crippen molar-refractivity contribution in [2.75, 3.05) is 20.3 Å². The largest absolute Gasteiger partial charge is 0.475 e. The number of methoxy groups -OCH3 is 1. The fraction of sp³-hybridized carbons (Fsp3) is 0.600. The van der Waals surface area contributed by atoms with Crippen molar-refractivity contribution in [3.8, 4) is 5.88 Å². The second-order valence-electron chi connectivity index (χ2n) is 5.02. The van der Waals surface area contributed by atoms with Crippen molar-refractivity contribution < 1.29 is 14.3 Å². The lowest BCUT2D eigenvalue weighted by Crippen LogP contribution is -2.42. The Morgan fingerprint density at radius 1 is 1.38 bits per heavy atom. The van der Waals surface area contributed by atoms with E-state index >= 15 is 0 Å². The Bertz CT molecular complexity index is 438. The van der Waals surface area contributed by atoms with Gasteiger partial charge in [0.25, 0.3) is 0 Å². The number of pyridine rings is 1. The molecule has 1 atom stereocenters. The van der Waals surface area contributed by atoms with Gasteiger partial charge in [0.05, 0.1) is 18.8 Å². The maximum Gasteiger partial charge on any atom is 0.236 e. The molecule has 1 aromatic heterocycles. The highest BCUT2D eigenvalue weighted by Crippen LogP contribution is 2.15. The molecule has 6 heteroatoms. The molecular weight excluding hydrogens is 270 g/mol. The smallest absolute Gasteiger partial charge is 0.236 e. The van der Waals surface area contributed by atoms with E-state index in [9.17, 15) is 4.79 Å². The molecule has 1 rings (SSSR count). The molecule has 0 aliphatic heterocycles. The van der Waals surface area contributed by atoms with Crippen LogP contribution in [0.4, 0.5) is 0 Å². The van der Waals surface area contributed by atoms with Crippen LogP contribution in [0.25, 0.3) is 0 Å². The average molecular weight is 295 g/mol. The van der Waals surface area contributed by atoms with Crippen LogP contribution in [0.15, 0.2) is 18.3 Å². The van der Waals surface area contributed by atoms with Gasteiger partial charge in [0.1, 0.15) is 0 Å². The third-order valence-electron chi connectivity index (χ3n) is 2.79. The zero-order valence-corrected chi connectivity index (χ0v) is 13.2. The van der Waals surface area contributed by atoms with E-state index in [0.717, 1.165) is 5.56 Å². The van der Waals surface area contributed by atoms with E-state index in [4.69, 9.17) is 9.47 Å². The number of aromatic nitrogens is 1. The molecule has 1 unspecified atom stereocenters. The van der Waals surface area contributed by atoms with Gasteiger partial charge in [-0.1, -0.05) is 6.07 Å². The maximum atomic E-state index is 11.8. The van der Waals surface area contributed by atoms with Crippen LogP contribution in [-0.2, 0) is 16.1 Å². The Morgan fingerprint density at radius 2 is 2.14 bits per heavy atom. The summed E-state index contributed by atoms with van der Waals surface area (Å²) in [4.78, 5) is 16.0. The van der Waals surface area contributed by atoms with E-state index in [0.29, 0.717) is 25.6 Å². The van der Waals surface area contributed by atoms with Crippen molar-refractivity contribution in [1.82, 2.24) is 15.6 Å². The number of nitrogens with one attached hydrogen (secondary N) is 2. The van der Waals surface area contributed by atoms with Gasteiger partial charge in [-0.2, -0.15) is 0 Å².